The van der Waals surface area contributed by atoms with Crippen molar-refractivity contribution in [1.82, 2.24) is 10.3 Å². The van der Waals surface area contributed by atoms with E-state index in [9.17, 15) is 9.59 Å². The first-order valence-corrected chi connectivity index (χ1v) is 7.45. The highest BCUT2D eigenvalue weighted by atomic mass is 16.5. The Morgan fingerprint density at radius 3 is 2.75 bits per heavy atom. The molecule has 0 saturated carbocycles. The molecule has 0 aliphatic heterocycles. The van der Waals surface area contributed by atoms with Gasteiger partial charge >= 0.3 is 12.1 Å². The van der Waals surface area contributed by atoms with E-state index < -0.39 is 18.1 Å². The summed E-state index contributed by atoms with van der Waals surface area (Å²) in [6.07, 6.45) is 1.61. The van der Waals surface area contributed by atoms with E-state index in [4.69, 9.17) is 20.0 Å². The van der Waals surface area contributed by atoms with Gasteiger partial charge in [0, 0.05) is 6.54 Å². The van der Waals surface area contributed by atoms with Gasteiger partial charge in [-0.05, 0) is 18.4 Å². The summed E-state index contributed by atoms with van der Waals surface area (Å²) in [6.45, 7) is 0.592. The molecule has 0 unspecified atom stereocenters. The minimum atomic E-state index is -1.17. The Kier molecular flexibility index (Phi) is 6.32. The normalized spacial score (nSPS) is 11.7. The summed E-state index contributed by atoms with van der Waals surface area (Å²) in [5.41, 5.74) is 6.60. The number of aromatic nitrogens is 1. The van der Waals surface area contributed by atoms with Crippen LogP contribution in [0.4, 0.5) is 4.79 Å². The highest BCUT2D eigenvalue weighted by Crippen LogP contribution is 2.15. The number of carboxylic acids is 1. The third-order valence-corrected chi connectivity index (χ3v) is 3.23. The lowest BCUT2D eigenvalue weighted by Crippen LogP contribution is -2.26. The molecular formula is C16H19N3O5. The van der Waals surface area contributed by atoms with E-state index in [0.29, 0.717) is 19.4 Å². The second-order valence-electron chi connectivity index (χ2n) is 5.11. The number of hydrogen-bond acceptors (Lipinski definition) is 6. The molecule has 8 heteroatoms. The molecule has 1 heterocycles. The molecule has 1 aromatic carbocycles. The minimum absolute atomic E-state index is 0.166. The molecule has 8 nitrogen and oxygen atoms in total. The number of carbonyl (C=O) groups excluding carboxylic acids is 1. The lowest BCUT2D eigenvalue weighted by molar-refractivity contribution is 0.0690. The number of benzene rings is 1. The lowest BCUT2D eigenvalue weighted by Gasteiger charge is -2.09. The van der Waals surface area contributed by atoms with E-state index in [1.807, 2.05) is 30.3 Å². The highest BCUT2D eigenvalue weighted by Gasteiger charge is 2.16. The van der Waals surface area contributed by atoms with Crippen LogP contribution in [0.15, 0.2) is 41.0 Å². The van der Waals surface area contributed by atoms with Crippen LogP contribution in [-0.4, -0.2) is 28.7 Å². The average molecular weight is 333 g/mol. The molecule has 4 N–H and O–H groups in total. The van der Waals surface area contributed by atoms with Gasteiger partial charge in [-0.1, -0.05) is 30.3 Å². The molecule has 0 radical (unpaired) electrons. The maximum atomic E-state index is 11.5. The third kappa shape index (κ3) is 5.40. The molecule has 0 aliphatic carbocycles. The summed E-state index contributed by atoms with van der Waals surface area (Å²) in [5.74, 6) is -1.00. The summed E-state index contributed by atoms with van der Waals surface area (Å²) in [5, 5.41) is 11.4. The van der Waals surface area contributed by atoms with E-state index in [2.05, 4.69) is 10.3 Å². The van der Waals surface area contributed by atoms with E-state index in [0.717, 1.165) is 11.8 Å². The van der Waals surface area contributed by atoms with Crippen LogP contribution in [0.5, 0.6) is 0 Å². The Balaban J connectivity index is 1.63. The number of ether oxygens (including phenoxy) is 1. The van der Waals surface area contributed by atoms with Crippen molar-refractivity contribution < 1.29 is 23.8 Å². The molecule has 2 rings (SSSR count). The number of hydrogen-bond donors (Lipinski definition) is 3. The molecule has 128 valence electrons. The molecule has 0 saturated heterocycles. The van der Waals surface area contributed by atoms with Crippen LogP contribution >= 0.6 is 0 Å². The molecule has 0 bridgehead atoms. The zero-order chi connectivity index (χ0) is 17.4. The van der Waals surface area contributed by atoms with Gasteiger partial charge in [0.2, 0.25) is 5.89 Å². The van der Waals surface area contributed by atoms with Gasteiger partial charge in [-0.25, -0.2) is 14.6 Å². The number of carbonyl (C=O) groups is 2. The number of alkyl carbamates (subject to hydrolysis) is 1. The summed E-state index contributed by atoms with van der Waals surface area (Å²) in [4.78, 5) is 26.0. The van der Waals surface area contributed by atoms with Crippen LogP contribution in [0, 0.1) is 0 Å². The second-order valence-corrected chi connectivity index (χ2v) is 5.11. The molecule has 1 aromatic heterocycles. The third-order valence-electron chi connectivity index (χ3n) is 3.23. The van der Waals surface area contributed by atoms with Crippen LogP contribution in [0.2, 0.25) is 0 Å². The Morgan fingerprint density at radius 2 is 2.08 bits per heavy atom. The Morgan fingerprint density at radius 1 is 1.33 bits per heavy atom. The zero-order valence-electron chi connectivity index (χ0n) is 13.0. The molecule has 1 amide bonds. The maximum Gasteiger partial charge on any atom is 0.407 e. The van der Waals surface area contributed by atoms with Crippen molar-refractivity contribution >= 4 is 12.1 Å². The fraction of sp³-hybridized carbons (Fsp3) is 0.312. The first-order chi connectivity index (χ1) is 11.6. The van der Waals surface area contributed by atoms with Crippen LogP contribution in [0.25, 0.3) is 0 Å². The van der Waals surface area contributed by atoms with Crippen molar-refractivity contribution in [2.24, 2.45) is 5.73 Å². The van der Waals surface area contributed by atoms with Gasteiger partial charge in [-0.2, -0.15) is 0 Å². The van der Waals surface area contributed by atoms with Crippen LogP contribution < -0.4 is 11.1 Å². The molecule has 0 aliphatic rings. The quantitative estimate of drug-likeness (QED) is 0.631. The number of aromatic carboxylic acids is 1. The summed E-state index contributed by atoms with van der Waals surface area (Å²) < 4.78 is 10.1. The molecule has 0 spiro atoms. The van der Waals surface area contributed by atoms with Gasteiger partial charge in [0.05, 0.1) is 6.04 Å². The number of nitrogens with one attached hydrogen (secondary N) is 1. The molecule has 2 aromatic rings. The number of rotatable bonds is 8. The summed E-state index contributed by atoms with van der Waals surface area (Å²) >= 11 is 0. The first-order valence-electron chi connectivity index (χ1n) is 7.45. The Hall–Kier alpha value is -2.87. The fourth-order valence-corrected chi connectivity index (χ4v) is 1.97. The van der Waals surface area contributed by atoms with E-state index in [-0.39, 0.29) is 18.2 Å². The largest absolute Gasteiger partial charge is 0.476 e. The van der Waals surface area contributed by atoms with Gasteiger partial charge in [0.15, 0.2) is 5.69 Å². The smallest absolute Gasteiger partial charge is 0.407 e. The van der Waals surface area contributed by atoms with Gasteiger partial charge in [-0.3, -0.25) is 0 Å². The van der Waals surface area contributed by atoms with Crippen molar-refractivity contribution in [3.8, 4) is 0 Å². The fourth-order valence-electron chi connectivity index (χ4n) is 1.97. The van der Waals surface area contributed by atoms with Crippen molar-refractivity contribution in [1.29, 1.82) is 0 Å². The van der Waals surface area contributed by atoms with Gasteiger partial charge in [0.1, 0.15) is 12.9 Å². The van der Waals surface area contributed by atoms with Gasteiger partial charge in [-0.15, -0.1) is 0 Å². The van der Waals surface area contributed by atoms with Crippen LogP contribution in [-0.2, 0) is 11.3 Å². The predicted octanol–water partition coefficient (Wildman–Crippen LogP) is 2.08. The molecule has 0 fully saturated rings. The number of amides is 1. The monoisotopic (exact) mass is 333 g/mol. The minimum Gasteiger partial charge on any atom is -0.476 e. The number of carboxylic acid groups (broad SMARTS) is 1. The van der Waals surface area contributed by atoms with Crippen molar-refractivity contribution in [3.05, 3.63) is 53.7 Å². The predicted molar refractivity (Wildman–Crippen MR) is 84.3 cm³/mol. The van der Waals surface area contributed by atoms with E-state index in [1.54, 1.807) is 0 Å². The summed E-state index contributed by atoms with van der Waals surface area (Å²) in [6, 6.07) is 8.84. The number of oxazole rings is 1. The average Bonchev–Trinajstić information content (AvgIpc) is 3.08. The van der Waals surface area contributed by atoms with Gasteiger partial charge < -0.3 is 25.3 Å². The number of nitrogens with two attached hydrogens (primary N) is 1. The Labute approximate surface area is 138 Å². The lowest BCUT2D eigenvalue weighted by atomic mass is 10.1. The summed E-state index contributed by atoms with van der Waals surface area (Å²) in [7, 11) is 0. The van der Waals surface area contributed by atoms with Crippen LogP contribution in [0.1, 0.15) is 40.8 Å². The van der Waals surface area contributed by atoms with Crippen molar-refractivity contribution in [3.63, 3.8) is 0 Å². The Bertz CT molecular complexity index is 671. The molecule has 1 atom stereocenters. The highest BCUT2D eigenvalue weighted by molar-refractivity contribution is 5.84. The van der Waals surface area contributed by atoms with Crippen molar-refractivity contribution in [2.45, 2.75) is 25.5 Å². The standard InChI is InChI=1S/C16H19N3O5/c17-12(14-19-13(10-23-14)15(20)21)7-4-8-18-16(22)24-9-11-5-2-1-3-6-11/h1-3,5-6,10,12H,4,7-9,17H2,(H,18,22)(H,20,21)/t12-/m0/s1. The topological polar surface area (TPSA) is 128 Å². The van der Waals surface area contributed by atoms with E-state index in [1.165, 1.54) is 0 Å². The van der Waals surface area contributed by atoms with Gasteiger partial charge in [0.25, 0.3) is 0 Å². The zero-order valence-corrected chi connectivity index (χ0v) is 13.0. The molecular weight excluding hydrogens is 314 g/mol. The van der Waals surface area contributed by atoms with E-state index >= 15 is 0 Å². The van der Waals surface area contributed by atoms with Crippen LogP contribution in [0.3, 0.4) is 0 Å². The molecule has 24 heavy (non-hydrogen) atoms. The first kappa shape index (κ1) is 17.5. The van der Waals surface area contributed by atoms with Crippen molar-refractivity contribution in [2.75, 3.05) is 6.54 Å². The second kappa shape index (κ2) is 8.68. The maximum absolute atomic E-state index is 11.5. The number of nitrogens with zero attached hydrogens (tertiary/aromatic N) is 1. The SMILES string of the molecule is N[C@@H](CCCNC(=O)OCc1ccccc1)c1nc(C(=O)O)co1.